The Hall–Kier alpha value is -1.06. The molecule has 0 spiro atoms. The number of hydrogen-bond donors (Lipinski definition) is 0. The van der Waals surface area contributed by atoms with Crippen molar-refractivity contribution in [3.05, 3.63) is 45.5 Å². The third-order valence-corrected chi connectivity index (χ3v) is 4.20. The number of benzene rings is 1. The molecular formula is C17H20Cl2FNO. The van der Waals surface area contributed by atoms with Gasteiger partial charge >= 0.3 is 0 Å². The van der Waals surface area contributed by atoms with Gasteiger partial charge < -0.3 is 4.57 Å². The van der Waals surface area contributed by atoms with Crippen LogP contribution in [0.5, 0.6) is 0 Å². The summed E-state index contributed by atoms with van der Waals surface area (Å²) in [6.45, 7) is 2.17. The molecule has 1 aromatic heterocycles. The quantitative estimate of drug-likeness (QED) is 0.527. The Labute approximate surface area is 139 Å². The van der Waals surface area contributed by atoms with Crippen LogP contribution in [0.15, 0.2) is 29.2 Å². The zero-order valence-electron chi connectivity index (χ0n) is 12.6. The van der Waals surface area contributed by atoms with E-state index in [-0.39, 0.29) is 10.5 Å². The van der Waals surface area contributed by atoms with Gasteiger partial charge in [-0.3, -0.25) is 4.79 Å². The van der Waals surface area contributed by atoms with Crippen LogP contribution >= 0.6 is 23.2 Å². The molecule has 2 nitrogen and oxygen atoms in total. The van der Waals surface area contributed by atoms with Crippen LogP contribution in [0.2, 0.25) is 5.02 Å². The van der Waals surface area contributed by atoms with Crippen LogP contribution in [0.3, 0.4) is 0 Å². The second-order valence-electron chi connectivity index (χ2n) is 5.50. The molecule has 120 valence electrons. The van der Waals surface area contributed by atoms with Crippen LogP contribution < -0.4 is 5.43 Å². The number of nitrogens with zero attached hydrogens (tertiary/aromatic N) is 1. The summed E-state index contributed by atoms with van der Waals surface area (Å²) in [5.41, 5.74) is 0.559. The maximum atomic E-state index is 13.3. The minimum absolute atomic E-state index is 0.0625. The van der Waals surface area contributed by atoms with Crippen molar-refractivity contribution in [1.29, 1.82) is 0 Å². The smallest absolute Gasteiger partial charge is 0.189 e. The van der Waals surface area contributed by atoms with E-state index in [4.69, 9.17) is 23.2 Å². The van der Waals surface area contributed by atoms with Crippen molar-refractivity contribution in [2.75, 3.05) is 5.88 Å². The number of unbranched alkanes of at least 4 members (excludes halogenated alkanes) is 2. The lowest BCUT2D eigenvalue weighted by molar-refractivity contribution is 0.629. The first kappa shape index (κ1) is 17.3. The van der Waals surface area contributed by atoms with Crippen molar-refractivity contribution in [2.45, 2.75) is 45.1 Å². The zero-order valence-corrected chi connectivity index (χ0v) is 14.1. The molecule has 0 unspecified atom stereocenters. The van der Waals surface area contributed by atoms with E-state index in [0.29, 0.717) is 11.4 Å². The van der Waals surface area contributed by atoms with Crippen molar-refractivity contribution in [2.24, 2.45) is 0 Å². The highest BCUT2D eigenvalue weighted by Crippen LogP contribution is 2.37. The molecular weight excluding hydrogens is 324 g/mol. The fourth-order valence-corrected chi connectivity index (χ4v) is 2.63. The van der Waals surface area contributed by atoms with E-state index in [1.807, 2.05) is 4.57 Å². The highest BCUT2D eigenvalue weighted by molar-refractivity contribution is 6.31. The van der Waals surface area contributed by atoms with Gasteiger partial charge in [0.05, 0.1) is 10.5 Å². The Balaban J connectivity index is 0.000000254. The maximum absolute atomic E-state index is 13.3. The average Bonchev–Trinajstić information content (AvgIpc) is 3.33. The molecule has 1 aromatic carbocycles. The summed E-state index contributed by atoms with van der Waals surface area (Å²) in [6.07, 6.45) is 7.70. The molecule has 1 saturated carbocycles. The summed E-state index contributed by atoms with van der Waals surface area (Å²) in [4.78, 5) is 11.6. The average molecular weight is 344 g/mol. The summed E-state index contributed by atoms with van der Waals surface area (Å²) >= 11 is 11.1. The number of alkyl halides is 1. The molecule has 0 radical (unpaired) electrons. The van der Waals surface area contributed by atoms with Gasteiger partial charge in [0, 0.05) is 29.6 Å². The Kier molecular flexibility index (Phi) is 6.27. The molecule has 0 saturated heterocycles. The van der Waals surface area contributed by atoms with E-state index in [0.717, 1.165) is 24.2 Å². The molecule has 0 amide bonds. The summed E-state index contributed by atoms with van der Waals surface area (Å²) in [5, 5.41) is 0.462. The topological polar surface area (TPSA) is 22.0 Å². The molecule has 22 heavy (non-hydrogen) atoms. The van der Waals surface area contributed by atoms with E-state index in [2.05, 4.69) is 6.92 Å². The molecule has 3 rings (SSSR count). The Bertz CT molecular complexity index is 691. The number of pyridine rings is 1. The van der Waals surface area contributed by atoms with E-state index in [1.165, 1.54) is 37.5 Å². The molecule has 1 aliphatic rings. The van der Waals surface area contributed by atoms with Crippen molar-refractivity contribution >= 4 is 34.1 Å². The fourth-order valence-electron chi connectivity index (χ4n) is 2.28. The molecule has 2 aromatic rings. The lowest BCUT2D eigenvalue weighted by Gasteiger charge is -2.09. The molecule has 0 N–H and O–H groups in total. The number of rotatable bonds is 4. The Morgan fingerprint density at radius 1 is 1.32 bits per heavy atom. The van der Waals surface area contributed by atoms with Gasteiger partial charge in [-0.15, -0.1) is 11.6 Å². The summed E-state index contributed by atoms with van der Waals surface area (Å²) in [7, 11) is 0. The van der Waals surface area contributed by atoms with E-state index < -0.39 is 5.82 Å². The number of halogens is 3. The van der Waals surface area contributed by atoms with Gasteiger partial charge in [0.15, 0.2) is 5.43 Å². The van der Waals surface area contributed by atoms with Gasteiger partial charge in [-0.1, -0.05) is 31.4 Å². The molecule has 0 aliphatic heterocycles. The molecule has 1 fully saturated rings. The predicted octanol–water partition coefficient (Wildman–Crippen LogP) is 5.54. The number of hydrogen-bond acceptors (Lipinski definition) is 1. The third kappa shape index (κ3) is 4.23. The summed E-state index contributed by atoms with van der Waals surface area (Å²) < 4.78 is 15.3. The Morgan fingerprint density at radius 3 is 2.59 bits per heavy atom. The van der Waals surface area contributed by atoms with E-state index >= 15 is 0 Å². The van der Waals surface area contributed by atoms with Crippen LogP contribution in [0.25, 0.3) is 10.9 Å². The molecule has 1 aliphatic carbocycles. The second-order valence-corrected chi connectivity index (χ2v) is 6.28. The lowest BCUT2D eigenvalue weighted by atomic mass is 10.2. The van der Waals surface area contributed by atoms with Crippen LogP contribution in [0, 0.1) is 5.82 Å². The Morgan fingerprint density at radius 2 is 2.05 bits per heavy atom. The highest BCUT2D eigenvalue weighted by atomic mass is 35.5. The van der Waals surface area contributed by atoms with Gasteiger partial charge in [-0.05, 0) is 31.4 Å². The fraction of sp³-hybridized carbons (Fsp3) is 0.471. The highest BCUT2D eigenvalue weighted by Gasteiger charge is 2.24. The van der Waals surface area contributed by atoms with Crippen LogP contribution in [-0.4, -0.2) is 10.4 Å². The molecule has 5 heteroatoms. The summed E-state index contributed by atoms with van der Waals surface area (Å²) in [6, 6.07) is 4.67. The van der Waals surface area contributed by atoms with Crippen molar-refractivity contribution in [3.63, 3.8) is 0 Å². The van der Waals surface area contributed by atoms with Crippen LogP contribution in [0.1, 0.15) is 45.1 Å². The minimum Gasteiger partial charge on any atom is -0.344 e. The largest absolute Gasteiger partial charge is 0.344 e. The third-order valence-electron chi connectivity index (χ3n) is 3.65. The standard InChI is InChI=1S/C12H9ClFNO.C5H11Cl/c13-9-6-11-8(5-10(9)14)12(16)3-4-15(11)7-1-2-7;1-2-3-4-5-6/h3-7H,1-2H2;2-5H2,1H3. The summed E-state index contributed by atoms with van der Waals surface area (Å²) in [5.74, 6) is 0.285. The molecule has 0 atom stereocenters. The minimum atomic E-state index is -0.542. The normalized spacial score (nSPS) is 13.8. The lowest BCUT2D eigenvalue weighted by Crippen LogP contribution is -2.07. The van der Waals surface area contributed by atoms with Gasteiger partial charge in [-0.2, -0.15) is 0 Å². The molecule has 1 heterocycles. The van der Waals surface area contributed by atoms with E-state index in [1.54, 1.807) is 6.20 Å². The van der Waals surface area contributed by atoms with Crippen molar-refractivity contribution in [3.8, 4) is 0 Å². The number of fused-ring (bicyclic) bond motifs is 1. The number of aromatic nitrogens is 1. The first-order valence-electron chi connectivity index (χ1n) is 7.64. The first-order chi connectivity index (χ1) is 10.6. The van der Waals surface area contributed by atoms with Crippen molar-refractivity contribution in [1.82, 2.24) is 4.57 Å². The van der Waals surface area contributed by atoms with Crippen molar-refractivity contribution < 1.29 is 4.39 Å². The van der Waals surface area contributed by atoms with Gasteiger partial charge in [-0.25, -0.2) is 4.39 Å². The maximum Gasteiger partial charge on any atom is 0.189 e. The van der Waals surface area contributed by atoms with E-state index in [9.17, 15) is 9.18 Å². The molecule has 0 bridgehead atoms. The van der Waals surface area contributed by atoms with Crippen LogP contribution in [0.4, 0.5) is 4.39 Å². The first-order valence-corrected chi connectivity index (χ1v) is 8.55. The second kappa shape index (κ2) is 7.98. The van der Waals surface area contributed by atoms with Gasteiger partial charge in [0.2, 0.25) is 0 Å². The van der Waals surface area contributed by atoms with Gasteiger partial charge in [0.25, 0.3) is 0 Å². The zero-order chi connectivity index (χ0) is 16.1. The van der Waals surface area contributed by atoms with Crippen LogP contribution in [-0.2, 0) is 0 Å². The predicted molar refractivity (Wildman–Crippen MR) is 91.7 cm³/mol. The monoisotopic (exact) mass is 343 g/mol. The SMILES string of the molecule is CCCCCCl.O=c1ccn(C2CC2)c2cc(Cl)c(F)cc12. The van der Waals surface area contributed by atoms with Gasteiger partial charge in [0.1, 0.15) is 5.82 Å².